The number of likely N-dealkylation sites (tertiary alicyclic amines) is 1. The molecule has 2 aliphatic rings. The molecular formula is C16H25N3O. The van der Waals surface area contributed by atoms with Crippen LogP contribution in [0, 0.1) is 0 Å². The SMILES string of the molecule is COc1cc(N)ccc1N1CCC[C@H]1CN1CCCC1. The molecule has 20 heavy (non-hydrogen) atoms. The molecule has 0 radical (unpaired) electrons. The minimum absolute atomic E-state index is 0.616. The van der Waals surface area contributed by atoms with Crippen molar-refractivity contribution in [2.24, 2.45) is 0 Å². The second kappa shape index (κ2) is 5.92. The lowest BCUT2D eigenvalue weighted by atomic mass is 10.2. The lowest BCUT2D eigenvalue weighted by Gasteiger charge is -2.31. The van der Waals surface area contributed by atoms with E-state index in [0.717, 1.165) is 18.0 Å². The first-order valence-electron chi connectivity index (χ1n) is 7.70. The van der Waals surface area contributed by atoms with Crippen molar-refractivity contribution < 1.29 is 4.74 Å². The number of hydrogen-bond acceptors (Lipinski definition) is 4. The molecule has 2 heterocycles. The van der Waals surface area contributed by atoms with E-state index in [1.807, 2.05) is 12.1 Å². The summed E-state index contributed by atoms with van der Waals surface area (Å²) in [6.07, 6.45) is 5.27. The zero-order chi connectivity index (χ0) is 13.9. The molecule has 0 unspecified atom stereocenters. The van der Waals surface area contributed by atoms with Gasteiger partial charge >= 0.3 is 0 Å². The van der Waals surface area contributed by atoms with E-state index in [1.165, 1.54) is 51.0 Å². The van der Waals surface area contributed by atoms with Crippen molar-refractivity contribution in [3.8, 4) is 5.75 Å². The summed E-state index contributed by atoms with van der Waals surface area (Å²) in [5, 5.41) is 0. The number of anilines is 2. The fraction of sp³-hybridized carbons (Fsp3) is 0.625. The number of rotatable bonds is 4. The molecule has 4 nitrogen and oxygen atoms in total. The second-order valence-corrected chi connectivity index (χ2v) is 5.93. The number of nitrogens with zero attached hydrogens (tertiary/aromatic N) is 2. The predicted molar refractivity (Wildman–Crippen MR) is 83.4 cm³/mol. The van der Waals surface area contributed by atoms with Crippen LogP contribution in [0.4, 0.5) is 11.4 Å². The molecule has 0 bridgehead atoms. The molecule has 2 fully saturated rings. The van der Waals surface area contributed by atoms with Gasteiger partial charge in [-0.3, -0.25) is 0 Å². The summed E-state index contributed by atoms with van der Waals surface area (Å²) in [5.74, 6) is 0.901. The predicted octanol–water partition coefficient (Wildman–Crippen LogP) is 2.34. The third-order valence-corrected chi connectivity index (χ3v) is 4.56. The first-order chi connectivity index (χ1) is 9.78. The fourth-order valence-electron chi connectivity index (χ4n) is 3.54. The van der Waals surface area contributed by atoms with Crippen molar-refractivity contribution in [3.63, 3.8) is 0 Å². The van der Waals surface area contributed by atoms with Crippen LogP contribution in [0.25, 0.3) is 0 Å². The largest absolute Gasteiger partial charge is 0.495 e. The molecule has 2 aliphatic heterocycles. The quantitative estimate of drug-likeness (QED) is 0.856. The zero-order valence-corrected chi connectivity index (χ0v) is 12.3. The third-order valence-electron chi connectivity index (χ3n) is 4.56. The maximum atomic E-state index is 5.86. The monoisotopic (exact) mass is 275 g/mol. The molecule has 1 atom stereocenters. The molecule has 0 amide bonds. The molecule has 2 N–H and O–H groups in total. The third kappa shape index (κ3) is 2.70. The Balaban J connectivity index is 1.77. The average Bonchev–Trinajstić information content (AvgIpc) is 3.11. The molecule has 4 heteroatoms. The number of nitrogens with two attached hydrogens (primary N) is 1. The van der Waals surface area contributed by atoms with E-state index in [-0.39, 0.29) is 0 Å². The van der Waals surface area contributed by atoms with E-state index in [0.29, 0.717) is 6.04 Å². The molecule has 0 saturated carbocycles. The number of nitrogen functional groups attached to an aromatic ring is 1. The van der Waals surface area contributed by atoms with Gasteiger partial charge in [0.2, 0.25) is 0 Å². The summed E-state index contributed by atoms with van der Waals surface area (Å²) in [5.41, 5.74) is 7.82. The van der Waals surface area contributed by atoms with Crippen LogP contribution in [0.1, 0.15) is 25.7 Å². The lowest BCUT2D eigenvalue weighted by molar-refractivity contribution is 0.313. The minimum Gasteiger partial charge on any atom is -0.495 e. The van der Waals surface area contributed by atoms with Gasteiger partial charge in [-0.15, -0.1) is 0 Å². The van der Waals surface area contributed by atoms with Crippen molar-refractivity contribution in [1.82, 2.24) is 4.90 Å². The van der Waals surface area contributed by atoms with Crippen LogP contribution < -0.4 is 15.4 Å². The summed E-state index contributed by atoms with van der Waals surface area (Å²) in [4.78, 5) is 5.11. The molecule has 110 valence electrons. The summed E-state index contributed by atoms with van der Waals surface area (Å²) in [6.45, 7) is 4.85. The van der Waals surface area contributed by atoms with Crippen molar-refractivity contribution in [3.05, 3.63) is 18.2 Å². The van der Waals surface area contributed by atoms with Gasteiger partial charge in [-0.2, -0.15) is 0 Å². The van der Waals surface area contributed by atoms with Crippen LogP contribution in [-0.2, 0) is 0 Å². The van der Waals surface area contributed by atoms with Crippen LogP contribution in [0.2, 0.25) is 0 Å². The molecule has 0 spiro atoms. The Labute approximate surface area is 121 Å². The van der Waals surface area contributed by atoms with E-state index in [1.54, 1.807) is 7.11 Å². The highest BCUT2D eigenvalue weighted by atomic mass is 16.5. The Kier molecular flexibility index (Phi) is 4.01. The van der Waals surface area contributed by atoms with E-state index in [4.69, 9.17) is 10.5 Å². The Morgan fingerprint density at radius 2 is 2.00 bits per heavy atom. The van der Waals surface area contributed by atoms with Crippen LogP contribution in [0.5, 0.6) is 5.75 Å². The second-order valence-electron chi connectivity index (χ2n) is 5.93. The zero-order valence-electron chi connectivity index (χ0n) is 12.3. The normalized spacial score (nSPS) is 23.4. The molecular weight excluding hydrogens is 250 g/mol. The van der Waals surface area contributed by atoms with Gasteiger partial charge in [0.25, 0.3) is 0 Å². The van der Waals surface area contributed by atoms with Gasteiger partial charge in [-0.05, 0) is 50.9 Å². The number of methoxy groups -OCH3 is 1. The molecule has 0 aliphatic carbocycles. The van der Waals surface area contributed by atoms with E-state index >= 15 is 0 Å². The maximum Gasteiger partial charge on any atom is 0.144 e. The van der Waals surface area contributed by atoms with E-state index in [2.05, 4.69) is 15.9 Å². The minimum atomic E-state index is 0.616. The van der Waals surface area contributed by atoms with Crippen molar-refractivity contribution >= 4 is 11.4 Å². The van der Waals surface area contributed by atoms with Crippen LogP contribution in [0.15, 0.2) is 18.2 Å². The summed E-state index contributed by atoms with van der Waals surface area (Å²) < 4.78 is 5.52. The Bertz CT molecular complexity index is 457. The molecule has 1 aromatic carbocycles. The first-order valence-corrected chi connectivity index (χ1v) is 7.70. The Morgan fingerprint density at radius 1 is 1.20 bits per heavy atom. The van der Waals surface area contributed by atoms with Gasteiger partial charge in [0.05, 0.1) is 12.8 Å². The number of ether oxygens (including phenoxy) is 1. The van der Waals surface area contributed by atoms with Gasteiger partial charge < -0.3 is 20.3 Å². The maximum absolute atomic E-state index is 5.86. The summed E-state index contributed by atoms with van der Waals surface area (Å²) in [7, 11) is 1.73. The van der Waals surface area contributed by atoms with Gasteiger partial charge in [0, 0.05) is 30.9 Å². The van der Waals surface area contributed by atoms with Gasteiger partial charge in [-0.1, -0.05) is 0 Å². The first kappa shape index (κ1) is 13.6. The summed E-state index contributed by atoms with van der Waals surface area (Å²) in [6, 6.07) is 6.63. The molecule has 1 aromatic rings. The smallest absolute Gasteiger partial charge is 0.144 e. The number of hydrogen-bond donors (Lipinski definition) is 1. The highest BCUT2D eigenvalue weighted by Crippen LogP contribution is 2.35. The molecule has 3 rings (SSSR count). The van der Waals surface area contributed by atoms with Crippen LogP contribution in [0.3, 0.4) is 0 Å². The van der Waals surface area contributed by atoms with E-state index < -0.39 is 0 Å². The van der Waals surface area contributed by atoms with Gasteiger partial charge in [0.15, 0.2) is 0 Å². The molecule has 2 saturated heterocycles. The highest BCUT2D eigenvalue weighted by Gasteiger charge is 2.29. The fourth-order valence-corrected chi connectivity index (χ4v) is 3.54. The van der Waals surface area contributed by atoms with Crippen molar-refractivity contribution in [2.45, 2.75) is 31.7 Å². The Morgan fingerprint density at radius 3 is 2.75 bits per heavy atom. The van der Waals surface area contributed by atoms with Gasteiger partial charge in [0.1, 0.15) is 5.75 Å². The lowest BCUT2D eigenvalue weighted by Crippen LogP contribution is -2.39. The topological polar surface area (TPSA) is 41.7 Å². The summed E-state index contributed by atoms with van der Waals surface area (Å²) >= 11 is 0. The highest BCUT2D eigenvalue weighted by molar-refractivity contribution is 5.65. The molecule has 0 aromatic heterocycles. The van der Waals surface area contributed by atoms with Crippen LogP contribution in [-0.4, -0.2) is 44.2 Å². The van der Waals surface area contributed by atoms with E-state index in [9.17, 15) is 0 Å². The van der Waals surface area contributed by atoms with Crippen molar-refractivity contribution in [2.75, 3.05) is 43.9 Å². The standard InChI is InChI=1S/C16H25N3O/c1-20-16-11-13(17)6-7-15(16)19-10-4-5-14(19)12-18-8-2-3-9-18/h6-7,11,14H,2-5,8-10,12,17H2,1H3/t14-/m0/s1. The van der Waals surface area contributed by atoms with Gasteiger partial charge in [-0.25, -0.2) is 0 Å². The number of benzene rings is 1. The Hall–Kier alpha value is -1.42. The van der Waals surface area contributed by atoms with Crippen molar-refractivity contribution in [1.29, 1.82) is 0 Å². The van der Waals surface area contributed by atoms with Crippen LogP contribution >= 0.6 is 0 Å². The average molecular weight is 275 g/mol.